The fourth-order valence-corrected chi connectivity index (χ4v) is 2.99. The molecule has 0 fully saturated rings. The van der Waals surface area contributed by atoms with Crippen LogP contribution in [0.2, 0.25) is 0 Å². The van der Waals surface area contributed by atoms with E-state index < -0.39 is 10.0 Å². The second kappa shape index (κ2) is 7.25. The predicted molar refractivity (Wildman–Crippen MR) is 79.1 cm³/mol. The standard InChI is InChI=1S/C13H21N3O3S/c1-11(13(14)15-17)10-16(2)20(18,19)9-8-12-6-4-3-5-7-12/h3-7,11,17H,8-10H2,1-2H3,(H2,14,15). The maximum atomic E-state index is 12.1. The number of oxime groups is 1. The summed E-state index contributed by atoms with van der Waals surface area (Å²) in [5, 5.41) is 11.5. The highest BCUT2D eigenvalue weighted by Gasteiger charge is 2.21. The van der Waals surface area contributed by atoms with Crippen molar-refractivity contribution in [1.82, 2.24) is 4.31 Å². The Morgan fingerprint density at radius 3 is 2.55 bits per heavy atom. The van der Waals surface area contributed by atoms with Crippen molar-refractivity contribution >= 4 is 15.9 Å². The molecular weight excluding hydrogens is 278 g/mol. The Morgan fingerprint density at radius 2 is 2.00 bits per heavy atom. The Kier molecular flexibility index (Phi) is 5.97. The summed E-state index contributed by atoms with van der Waals surface area (Å²) in [5.74, 6) is -0.275. The normalized spacial score (nSPS) is 14.4. The zero-order chi connectivity index (χ0) is 15.2. The maximum absolute atomic E-state index is 12.1. The molecule has 0 aliphatic heterocycles. The lowest BCUT2D eigenvalue weighted by Gasteiger charge is -2.20. The van der Waals surface area contributed by atoms with E-state index in [9.17, 15) is 8.42 Å². The van der Waals surface area contributed by atoms with Crippen molar-refractivity contribution in [3.63, 3.8) is 0 Å². The molecule has 1 aromatic carbocycles. The Balaban J connectivity index is 2.60. The van der Waals surface area contributed by atoms with Crippen LogP contribution in [0.5, 0.6) is 0 Å². The zero-order valence-corrected chi connectivity index (χ0v) is 12.5. The highest BCUT2D eigenvalue weighted by Crippen LogP contribution is 2.08. The van der Waals surface area contributed by atoms with Gasteiger partial charge in [0.1, 0.15) is 5.84 Å². The molecule has 112 valence electrons. The second-order valence-electron chi connectivity index (χ2n) is 4.76. The molecule has 0 saturated carbocycles. The molecule has 0 aromatic heterocycles. The Labute approximate surface area is 119 Å². The summed E-state index contributed by atoms with van der Waals surface area (Å²) in [4.78, 5) is 0. The fourth-order valence-electron chi connectivity index (χ4n) is 1.74. The predicted octanol–water partition coefficient (Wildman–Crippen LogP) is 0.873. The van der Waals surface area contributed by atoms with Gasteiger partial charge in [-0.25, -0.2) is 12.7 Å². The molecule has 1 rings (SSSR count). The third-order valence-corrected chi connectivity index (χ3v) is 4.94. The number of hydrogen-bond donors (Lipinski definition) is 2. The number of benzene rings is 1. The molecule has 0 saturated heterocycles. The minimum absolute atomic E-state index is 0.0232. The van der Waals surface area contributed by atoms with Gasteiger partial charge < -0.3 is 10.9 Å². The van der Waals surface area contributed by atoms with Gasteiger partial charge in [0.2, 0.25) is 10.0 Å². The smallest absolute Gasteiger partial charge is 0.214 e. The van der Waals surface area contributed by atoms with E-state index in [0.717, 1.165) is 5.56 Å². The van der Waals surface area contributed by atoms with Gasteiger partial charge in [0.05, 0.1) is 5.75 Å². The number of aryl methyl sites for hydroxylation is 1. The number of sulfonamides is 1. The van der Waals surface area contributed by atoms with Crippen LogP contribution in [0.3, 0.4) is 0 Å². The molecule has 6 nitrogen and oxygen atoms in total. The summed E-state index contributed by atoms with van der Waals surface area (Å²) in [6, 6.07) is 9.45. The molecule has 7 heteroatoms. The molecule has 1 aromatic rings. The van der Waals surface area contributed by atoms with Crippen molar-refractivity contribution in [1.29, 1.82) is 0 Å². The van der Waals surface area contributed by atoms with Gasteiger partial charge >= 0.3 is 0 Å². The molecule has 0 aliphatic rings. The number of rotatable bonds is 7. The van der Waals surface area contributed by atoms with Crippen molar-refractivity contribution < 1.29 is 13.6 Å². The SMILES string of the molecule is CC(CN(C)S(=O)(=O)CCc1ccccc1)/C(N)=N/O. The van der Waals surface area contributed by atoms with Crippen LogP contribution >= 0.6 is 0 Å². The first-order chi connectivity index (χ1) is 9.36. The minimum Gasteiger partial charge on any atom is -0.409 e. The van der Waals surface area contributed by atoms with Crippen molar-refractivity contribution in [3.05, 3.63) is 35.9 Å². The molecule has 1 atom stereocenters. The summed E-state index contributed by atoms with van der Waals surface area (Å²) in [6.07, 6.45) is 0.464. The lowest BCUT2D eigenvalue weighted by molar-refractivity contribution is 0.312. The monoisotopic (exact) mass is 299 g/mol. The molecule has 0 amide bonds. The summed E-state index contributed by atoms with van der Waals surface area (Å²) in [7, 11) is -1.85. The van der Waals surface area contributed by atoms with Crippen LogP contribution in [-0.4, -0.2) is 43.1 Å². The number of nitrogens with zero attached hydrogens (tertiary/aromatic N) is 2. The van der Waals surface area contributed by atoms with Gasteiger partial charge in [-0.3, -0.25) is 0 Å². The molecular formula is C13H21N3O3S. The average molecular weight is 299 g/mol. The van der Waals surface area contributed by atoms with Gasteiger partial charge in [-0.15, -0.1) is 0 Å². The molecule has 0 spiro atoms. The van der Waals surface area contributed by atoms with Crippen LogP contribution in [0.4, 0.5) is 0 Å². The van der Waals surface area contributed by atoms with Gasteiger partial charge in [-0.1, -0.05) is 42.4 Å². The minimum atomic E-state index is -3.35. The summed E-state index contributed by atoms with van der Waals surface area (Å²) in [5.41, 5.74) is 6.43. The van der Waals surface area contributed by atoms with E-state index in [4.69, 9.17) is 10.9 Å². The van der Waals surface area contributed by atoms with Crippen molar-refractivity contribution in [2.45, 2.75) is 13.3 Å². The molecule has 0 heterocycles. The van der Waals surface area contributed by atoms with E-state index >= 15 is 0 Å². The number of hydrogen-bond acceptors (Lipinski definition) is 4. The largest absolute Gasteiger partial charge is 0.409 e. The fraction of sp³-hybridized carbons (Fsp3) is 0.462. The Hall–Kier alpha value is -1.60. The van der Waals surface area contributed by atoms with E-state index in [1.807, 2.05) is 30.3 Å². The third kappa shape index (κ3) is 4.82. The van der Waals surface area contributed by atoms with E-state index in [0.29, 0.717) is 6.42 Å². The topological polar surface area (TPSA) is 96.0 Å². The third-order valence-electron chi connectivity index (χ3n) is 3.12. The number of nitrogens with two attached hydrogens (primary N) is 1. The van der Waals surface area contributed by atoms with Crippen LogP contribution in [0.25, 0.3) is 0 Å². The molecule has 3 N–H and O–H groups in total. The Morgan fingerprint density at radius 1 is 1.40 bits per heavy atom. The van der Waals surface area contributed by atoms with Crippen LogP contribution in [-0.2, 0) is 16.4 Å². The summed E-state index contributed by atoms with van der Waals surface area (Å²) < 4.78 is 25.5. The van der Waals surface area contributed by atoms with Crippen molar-refractivity contribution in [2.24, 2.45) is 16.8 Å². The molecule has 0 bridgehead atoms. The highest BCUT2D eigenvalue weighted by molar-refractivity contribution is 7.89. The molecule has 0 aliphatic carbocycles. The molecule has 1 unspecified atom stereocenters. The Bertz CT molecular complexity index is 543. The van der Waals surface area contributed by atoms with Gasteiger partial charge in [0.25, 0.3) is 0 Å². The van der Waals surface area contributed by atoms with Gasteiger partial charge in [0.15, 0.2) is 0 Å². The summed E-state index contributed by atoms with van der Waals surface area (Å²) in [6.45, 7) is 1.89. The van der Waals surface area contributed by atoms with Gasteiger partial charge in [0, 0.05) is 19.5 Å². The first-order valence-electron chi connectivity index (χ1n) is 6.32. The van der Waals surface area contributed by atoms with E-state index in [-0.39, 0.29) is 24.1 Å². The first-order valence-corrected chi connectivity index (χ1v) is 7.93. The zero-order valence-electron chi connectivity index (χ0n) is 11.7. The average Bonchev–Trinajstić information content (AvgIpc) is 2.45. The van der Waals surface area contributed by atoms with Crippen LogP contribution < -0.4 is 5.73 Å². The van der Waals surface area contributed by atoms with Crippen molar-refractivity contribution in [3.8, 4) is 0 Å². The molecule has 20 heavy (non-hydrogen) atoms. The van der Waals surface area contributed by atoms with Crippen LogP contribution in [0.1, 0.15) is 12.5 Å². The first kappa shape index (κ1) is 16.5. The second-order valence-corrected chi connectivity index (χ2v) is 6.95. The quantitative estimate of drug-likeness (QED) is 0.338. The highest BCUT2D eigenvalue weighted by atomic mass is 32.2. The number of amidine groups is 1. The lowest BCUT2D eigenvalue weighted by atomic mass is 10.2. The van der Waals surface area contributed by atoms with Gasteiger partial charge in [-0.05, 0) is 12.0 Å². The molecule has 0 radical (unpaired) electrons. The maximum Gasteiger partial charge on any atom is 0.214 e. The summed E-state index contributed by atoms with van der Waals surface area (Å²) >= 11 is 0. The van der Waals surface area contributed by atoms with E-state index in [2.05, 4.69) is 5.16 Å². The van der Waals surface area contributed by atoms with Crippen molar-refractivity contribution in [2.75, 3.05) is 19.3 Å². The van der Waals surface area contributed by atoms with Crippen LogP contribution in [0, 0.1) is 5.92 Å². The lowest BCUT2D eigenvalue weighted by Crippen LogP contribution is -2.37. The van der Waals surface area contributed by atoms with E-state index in [1.165, 1.54) is 11.4 Å². The van der Waals surface area contributed by atoms with E-state index in [1.54, 1.807) is 6.92 Å². The van der Waals surface area contributed by atoms with Gasteiger partial charge in [-0.2, -0.15) is 0 Å². The van der Waals surface area contributed by atoms with Crippen LogP contribution in [0.15, 0.2) is 35.5 Å².